The molecule has 0 N–H and O–H groups in total. The minimum absolute atomic E-state index is 0.222. The summed E-state index contributed by atoms with van der Waals surface area (Å²) in [4.78, 5) is 5.92. The lowest BCUT2D eigenvalue weighted by Gasteiger charge is -2.27. The molecule has 0 spiro atoms. The first-order valence-electron chi connectivity index (χ1n) is 6.72. The number of thiophene rings is 1. The van der Waals surface area contributed by atoms with Gasteiger partial charge in [-0.3, -0.25) is 4.90 Å². The summed E-state index contributed by atoms with van der Waals surface area (Å²) in [5, 5.41) is 2.25. The maximum Gasteiger partial charge on any atom is 0.0936 e. The van der Waals surface area contributed by atoms with Gasteiger partial charge in [0.1, 0.15) is 0 Å². The molecule has 1 aromatic heterocycles. The van der Waals surface area contributed by atoms with Crippen LogP contribution in [0.25, 0.3) is 0 Å². The molecule has 5 heteroatoms. The Labute approximate surface area is 119 Å². The molecule has 4 nitrogen and oxygen atoms in total. The Hall–Kier alpha value is -0.460. The molecular weight excluding hydrogens is 260 g/mol. The van der Waals surface area contributed by atoms with Crippen molar-refractivity contribution in [3.8, 4) is 0 Å². The van der Waals surface area contributed by atoms with Gasteiger partial charge in [-0.05, 0) is 38.2 Å². The summed E-state index contributed by atoms with van der Waals surface area (Å²) in [6, 6.07) is 2.30. The first-order valence-corrected chi connectivity index (χ1v) is 7.60. The van der Waals surface area contributed by atoms with Gasteiger partial charge in [-0.1, -0.05) is 0 Å². The van der Waals surface area contributed by atoms with Crippen LogP contribution in [0.4, 0.5) is 0 Å². The first-order chi connectivity index (χ1) is 9.13. The Bertz CT molecular complexity index is 375. The van der Waals surface area contributed by atoms with Crippen LogP contribution in [-0.2, 0) is 22.6 Å². The van der Waals surface area contributed by atoms with E-state index in [0.29, 0.717) is 0 Å². The molecule has 0 saturated carbocycles. The van der Waals surface area contributed by atoms with Crippen LogP contribution in [0.1, 0.15) is 10.4 Å². The summed E-state index contributed by atoms with van der Waals surface area (Å²) in [5.74, 6) is 0. The second-order valence-corrected chi connectivity index (χ2v) is 6.42. The fourth-order valence-electron chi connectivity index (χ4n) is 2.28. The lowest BCUT2D eigenvalue weighted by molar-refractivity contribution is -0.0962. The fourth-order valence-corrected chi connectivity index (χ4v) is 3.24. The van der Waals surface area contributed by atoms with Crippen LogP contribution in [0.3, 0.4) is 0 Å². The summed E-state index contributed by atoms with van der Waals surface area (Å²) in [5.41, 5.74) is 1.40. The molecule has 0 radical (unpaired) electrons. The number of likely N-dealkylation sites (N-methyl/N-ethyl adjacent to an activating group) is 1. The minimum atomic E-state index is 0.222. The summed E-state index contributed by atoms with van der Waals surface area (Å²) in [7, 11) is 6.34. The molecule has 0 bridgehead atoms. The first kappa shape index (κ1) is 14.9. The Morgan fingerprint density at radius 2 is 2.11 bits per heavy atom. The fraction of sp³-hybridized carbons (Fsp3) is 0.714. The predicted octanol–water partition coefficient (Wildman–Crippen LogP) is 1.66. The van der Waals surface area contributed by atoms with E-state index in [-0.39, 0.29) is 6.10 Å². The molecule has 1 atom stereocenters. The Kier molecular flexibility index (Phi) is 5.78. The van der Waals surface area contributed by atoms with Crippen molar-refractivity contribution in [3.63, 3.8) is 0 Å². The molecule has 1 aliphatic rings. The quantitative estimate of drug-likeness (QED) is 0.793. The number of hydrogen-bond acceptors (Lipinski definition) is 5. The van der Waals surface area contributed by atoms with Crippen molar-refractivity contribution < 1.29 is 9.47 Å². The SMILES string of the molecule is CN(C)Cc1csc(CN(C)C[C@H]2COCCO2)c1. The lowest BCUT2D eigenvalue weighted by Crippen LogP contribution is -2.38. The van der Waals surface area contributed by atoms with E-state index in [4.69, 9.17) is 9.47 Å². The van der Waals surface area contributed by atoms with Gasteiger partial charge >= 0.3 is 0 Å². The van der Waals surface area contributed by atoms with Gasteiger partial charge in [0.15, 0.2) is 0 Å². The molecule has 0 aromatic carbocycles. The van der Waals surface area contributed by atoms with E-state index in [9.17, 15) is 0 Å². The largest absolute Gasteiger partial charge is 0.376 e. The van der Waals surface area contributed by atoms with Gasteiger partial charge in [0.25, 0.3) is 0 Å². The Balaban J connectivity index is 1.77. The van der Waals surface area contributed by atoms with Crippen LogP contribution in [-0.4, -0.2) is 63.4 Å². The van der Waals surface area contributed by atoms with E-state index in [1.807, 2.05) is 11.3 Å². The number of nitrogens with zero attached hydrogens (tertiary/aromatic N) is 2. The van der Waals surface area contributed by atoms with Crippen LogP contribution in [0.2, 0.25) is 0 Å². The predicted molar refractivity (Wildman–Crippen MR) is 78.6 cm³/mol. The van der Waals surface area contributed by atoms with Crippen molar-refractivity contribution in [3.05, 3.63) is 21.9 Å². The summed E-state index contributed by atoms with van der Waals surface area (Å²) < 4.78 is 11.1. The van der Waals surface area contributed by atoms with E-state index < -0.39 is 0 Å². The van der Waals surface area contributed by atoms with Gasteiger partial charge in [-0.2, -0.15) is 0 Å². The molecule has 0 aliphatic carbocycles. The van der Waals surface area contributed by atoms with E-state index >= 15 is 0 Å². The van der Waals surface area contributed by atoms with Crippen molar-refractivity contribution in [2.24, 2.45) is 0 Å². The van der Waals surface area contributed by atoms with Crippen LogP contribution in [0.15, 0.2) is 11.4 Å². The molecule has 0 amide bonds. The molecule has 1 fully saturated rings. The topological polar surface area (TPSA) is 24.9 Å². The van der Waals surface area contributed by atoms with Crippen molar-refractivity contribution >= 4 is 11.3 Å². The molecule has 108 valence electrons. The standard InChI is InChI=1S/C14H24N2O2S/c1-15(2)7-12-6-14(19-11-12)9-16(3)8-13-10-17-4-5-18-13/h6,11,13H,4-5,7-10H2,1-3H3/t13-/m0/s1. The monoisotopic (exact) mass is 284 g/mol. The molecular formula is C14H24N2O2S. The maximum atomic E-state index is 5.67. The van der Waals surface area contributed by atoms with Gasteiger partial charge < -0.3 is 14.4 Å². The molecule has 2 rings (SSSR count). The molecule has 0 unspecified atom stereocenters. The van der Waals surface area contributed by atoms with Crippen molar-refractivity contribution in [2.45, 2.75) is 19.2 Å². The van der Waals surface area contributed by atoms with Crippen LogP contribution in [0, 0.1) is 0 Å². The summed E-state index contributed by atoms with van der Waals surface area (Å²) in [6.07, 6.45) is 0.222. The van der Waals surface area contributed by atoms with Gasteiger partial charge in [-0.25, -0.2) is 0 Å². The van der Waals surface area contributed by atoms with E-state index in [1.54, 1.807) is 0 Å². The molecule has 1 aromatic rings. The number of hydrogen-bond donors (Lipinski definition) is 0. The zero-order valence-electron chi connectivity index (χ0n) is 12.1. The Morgan fingerprint density at radius 1 is 1.26 bits per heavy atom. The van der Waals surface area contributed by atoms with Gasteiger partial charge in [0.2, 0.25) is 0 Å². The van der Waals surface area contributed by atoms with Crippen LogP contribution in [0.5, 0.6) is 0 Å². The third-order valence-electron chi connectivity index (χ3n) is 3.03. The van der Waals surface area contributed by atoms with Crippen LogP contribution < -0.4 is 0 Å². The third kappa shape index (κ3) is 5.20. The van der Waals surface area contributed by atoms with Gasteiger partial charge in [0.05, 0.1) is 25.9 Å². The van der Waals surface area contributed by atoms with E-state index in [2.05, 4.69) is 42.4 Å². The summed E-state index contributed by atoms with van der Waals surface area (Å²) >= 11 is 1.84. The summed E-state index contributed by atoms with van der Waals surface area (Å²) in [6.45, 7) is 5.11. The number of ether oxygens (including phenoxy) is 2. The van der Waals surface area contributed by atoms with Gasteiger partial charge in [0, 0.05) is 24.5 Å². The normalized spacial score (nSPS) is 20.4. The lowest BCUT2D eigenvalue weighted by atomic mass is 10.2. The zero-order chi connectivity index (χ0) is 13.7. The smallest absolute Gasteiger partial charge is 0.0936 e. The van der Waals surface area contributed by atoms with Gasteiger partial charge in [-0.15, -0.1) is 11.3 Å². The number of rotatable bonds is 6. The highest BCUT2D eigenvalue weighted by Crippen LogP contribution is 2.17. The molecule has 2 heterocycles. The highest BCUT2D eigenvalue weighted by Gasteiger charge is 2.16. The zero-order valence-corrected chi connectivity index (χ0v) is 12.9. The molecule has 1 aliphatic heterocycles. The highest BCUT2D eigenvalue weighted by atomic mass is 32.1. The van der Waals surface area contributed by atoms with Crippen LogP contribution >= 0.6 is 11.3 Å². The third-order valence-corrected chi connectivity index (χ3v) is 4.00. The Morgan fingerprint density at radius 3 is 2.79 bits per heavy atom. The highest BCUT2D eigenvalue weighted by molar-refractivity contribution is 7.10. The van der Waals surface area contributed by atoms with E-state index in [1.165, 1.54) is 10.4 Å². The van der Waals surface area contributed by atoms with E-state index in [0.717, 1.165) is 39.5 Å². The molecule has 1 saturated heterocycles. The average Bonchev–Trinajstić information content (AvgIpc) is 2.76. The maximum absolute atomic E-state index is 5.67. The van der Waals surface area contributed by atoms with Crippen molar-refractivity contribution in [2.75, 3.05) is 47.5 Å². The van der Waals surface area contributed by atoms with Crippen molar-refractivity contribution in [1.29, 1.82) is 0 Å². The second kappa shape index (κ2) is 7.36. The van der Waals surface area contributed by atoms with Crippen molar-refractivity contribution in [1.82, 2.24) is 9.80 Å². The average molecular weight is 284 g/mol. The molecule has 19 heavy (non-hydrogen) atoms. The minimum Gasteiger partial charge on any atom is -0.376 e. The second-order valence-electron chi connectivity index (χ2n) is 5.42.